The highest BCUT2D eigenvalue weighted by atomic mass is 16.6. The van der Waals surface area contributed by atoms with E-state index in [2.05, 4.69) is 0 Å². The van der Waals surface area contributed by atoms with E-state index in [1.807, 2.05) is 0 Å². The quantitative estimate of drug-likeness (QED) is 0.588. The van der Waals surface area contributed by atoms with Gasteiger partial charge in [-0.2, -0.15) is 0 Å². The average molecular weight is 362 g/mol. The number of hydrogen-bond acceptors (Lipinski definition) is 7. The van der Waals surface area contributed by atoms with Crippen molar-refractivity contribution >= 4 is 11.9 Å². The molecule has 1 heterocycles. The fourth-order valence-corrected chi connectivity index (χ4v) is 2.70. The van der Waals surface area contributed by atoms with Gasteiger partial charge in [0, 0.05) is 17.9 Å². The van der Waals surface area contributed by atoms with Crippen molar-refractivity contribution in [3.63, 3.8) is 0 Å². The van der Waals surface area contributed by atoms with Crippen LogP contribution in [0.25, 0.3) is 0 Å². The molecule has 1 aromatic rings. The number of rotatable bonds is 6. The van der Waals surface area contributed by atoms with Gasteiger partial charge in [-0.25, -0.2) is 4.79 Å². The van der Waals surface area contributed by atoms with Gasteiger partial charge in [0.2, 0.25) is 6.29 Å². The van der Waals surface area contributed by atoms with Gasteiger partial charge in [0.25, 0.3) is 0 Å². The summed E-state index contributed by atoms with van der Waals surface area (Å²) in [5.74, 6) is -1.63. The van der Waals surface area contributed by atoms with E-state index in [1.54, 1.807) is 37.3 Å². The molecule has 1 aliphatic rings. The first-order chi connectivity index (χ1) is 12.5. The molecule has 0 aliphatic carbocycles. The molecule has 2 N–H and O–H groups in total. The van der Waals surface area contributed by atoms with Crippen LogP contribution >= 0.6 is 0 Å². The number of aliphatic hydroxyl groups is 1. The van der Waals surface area contributed by atoms with Gasteiger partial charge < -0.3 is 24.4 Å². The number of hydrogen-bond donors (Lipinski definition) is 2. The standard InChI is InChI=1S/C19H22O7/c1-3-14-15(16(18(22)24-2)11-26-19(14)23)10-17(21)25-9-8-12-4-6-13(20)7-5-12/h3-7,11,15,19-20,23H,8-10H2,1-2H3/b14-3-/t15-,19+/m1/s1. The Labute approximate surface area is 151 Å². The lowest BCUT2D eigenvalue weighted by molar-refractivity contribution is -0.145. The molecular weight excluding hydrogens is 340 g/mol. The summed E-state index contributed by atoms with van der Waals surface area (Å²) in [6.45, 7) is 1.85. The van der Waals surface area contributed by atoms with E-state index in [-0.39, 0.29) is 24.4 Å². The van der Waals surface area contributed by atoms with Gasteiger partial charge in [0.15, 0.2) is 0 Å². The fraction of sp³-hybridized carbons (Fsp3) is 0.368. The van der Waals surface area contributed by atoms with Crippen LogP contribution in [0.3, 0.4) is 0 Å². The largest absolute Gasteiger partial charge is 0.508 e. The minimum Gasteiger partial charge on any atom is -0.508 e. The zero-order valence-electron chi connectivity index (χ0n) is 14.7. The number of phenolic OH excluding ortho intramolecular Hbond substituents is 1. The molecule has 0 amide bonds. The van der Waals surface area contributed by atoms with Crippen LogP contribution in [0.5, 0.6) is 5.75 Å². The Bertz CT molecular complexity index is 703. The van der Waals surface area contributed by atoms with Crippen molar-refractivity contribution in [2.24, 2.45) is 5.92 Å². The number of methoxy groups -OCH3 is 1. The molecule has 7 heteroatoms. The molecule has 2 atom stereocenters. The lowest BCUT2D eigenvalue weighted by atomic mass is 9.86. The molecule has 0 unspecified atom stereocenters. The fourth-order valence-electron chi connectivity index (χ4n) is 2.70. The monoisotopic (exact) mass is 362 g/mol. The van der Waals surface area contributed by atoms with E-state index >= 15 is 0 Å². The summed E-state index contributed by atoms with van der Waals surface area (Å²) in [7, 11) is 1.23. The zero-order valence-corrected chi connectivity index (χ0v) is 14.7. The topological polar surface area (TPSA) is 102 Å². The predicted octanol–water partition coefficient (Wildman–Crippen LogP) is 1.84. The average Bonchev–Trinajstić information content (AvgIpc) is 2.63. The molecule has 1 aromatic carbocycles. The second-order valence-electron chi connectivity index (χ2n) is 5.74. The molecule has 0 bridgehead atoms. The Balaban J connectivity index is 1.97. The molecule has 2 rings (SSSR count). The summed E-state index contributed by atoms with van der Waals surface area (Å²) in [6.07, 6.45) is 1.89. The highest BCUT2D eigenvalue weighted by Crippen LogP contribution is 2.32. The van der Waals surface area contributed by atoms with Gasteiger partial charge in [0.05, 0.1) is 32.0 Å². The lowest BCUT2D eigenvalue weighted by Gasteiger charge is -2.28. The molecule has 0 saturated carbocycles. The smallest absolute Gasteiger partial charge is 0.337 e. The van der Waals surface area contributed by atoms with E-state index in [0.29, 0.717) is 12.0 Å². The maximum Gasteiger partial charge on any atom is 0.337 e. The van der Waals surface area contributed by atoms with Crippen molar-refractivity contribution in [3.05, 3.63) is 53.3 Å². The molecule has 26 heavy (non-hydrogen) atoms. The lowest BCUT2D eigenvalue weighted by Crippen LogP contribution is -2.31. The third-order valence-corrected chi connectivity index (χ3v) is 4.10. The van der Waals surface area contributed by atoms with Crippen molar-refractivity contribution in [2.75, 3.05) is 13.7 Å². The molecule has 0 radical (unpaired) electrons. The van der Waals surface area contributed by atoms with Crippen molar-refractivity contribution in [2.45, 2.75) is 26.1 Å². The van der Waals surface area contributed by atoms with Crippen LogP contribution in [0.2, 0.25) is 0 Å². The number of benzene rings is 1. The third kappa shape index (κ3) is 4.86. The third-order valence-electron chi connectivity index (χ3n) is 4.10. The van der Waals surface area contributed by atoms with Crippen LogP contribution in [0.4, 0.5) is 0 Å². The number of allylic oxidation sites excluding steroid dienone is 1. The van der Waals surface area contributed by atoms with Crippen LogP contribution in [0.1, 0.15) is 18.9 Å². The molecule has 1 aliphatic heterocycles. The van der Waals surface area contributed by atoms with Gasteiger partial charge in [-0.1, -0.05) is 18.2 Å². The van der Waals surface area contributed by atoms with E-state index < -0.39 is 24.1 Å². The van der Waals surface area contributed by atoms with E-state index in [4.69, 9.17) is 14.2 Å². The number of aromatic hydroxyl groups is 1. The second-order valence-corrected chi connectivity index (χ2v) is 5.74. The Hall–Kier alpha value is -2.80. The van der Waals surface area contributed by atoms with Crippen LogP contribution in [0, 0.1) is 5.92 Å². The molecular formula is C19H22O7. The summed E-state index contributed by atoms with van der Waals surface area (Å²) in [6, 6.07) is 6.61. The molecule has 140 valence electrons. The van der Waals surface area contributed by atoms with Crippen LogP contribution in [-0.4, -0.2) is 42.2 Å². The van der Waals surface area contributed by atoms with Gasteiger partial charge in [-0.3, -0.25) is 4.79 Å². The predicted molar refractivity (Wildman–Crippen MR) is 91.8 cm³/mol. The first-order valence-corrected chi connectivity index (χ1v) is 8.17. The summed E-state index contributed by atoms with van der Waals surface area (Å²) in [4.78, 5) is 24.1. The summed E-state index contributed by atoms with van der Waals surface area (Å²) in [5.41, 5.74) is 1.48. The van der Waals surface area contributed by atoms with Gasteiger partial charge in [-0.05, 0) is 24.6 Å². The number of ether oxygens (including phenoxy) is 3. The number of carbonyl (C=O) groups excluding carboxylic acids is 2. The molecule has 0 fully saturated rings. The molecule has 7 nitrogen and oxygen atoms in total. The zero-order chi connectivity index (χ0) is 19.1. The number of phenols is 1. The highest BCUT2D eigenvalue weighted by molar-refractivity contribution is 5.90. The Morgan fingerprint density at radius 1 is 1.27 bits per heavy atom. The number of aliphatic hydroxyl groups excluding tert-OH is 1. The normalized spacial score (nSPS) is 20.9. The Morgan fingerprint density at radius 3 is 2.58 bits per heavy atom. The highest BCUT2D eigenvalue weighted by Gasteiger charge is 2.35. The molecule has 0 saturated heterocycles. The number of carbonyl (C=O) groups is 2. The SMILES string of the molecule is C/C=C1\[C@@H](O)OC=C(C(=O)OC)[C@@H]1CC(=O)OCCc1ccc(O)cc1. The van der Waals surface area contributed by atoms with Gasteiger partial charge in [-0.15, -0.1) is 0 Å². The molecule has 0 spiro atoms. The van der Waals surface area contributed by atoms with E-state index in [1.165, 1.54) is 7.11 Å². The molecule has 0 aromatic heterocycles. The minimum atomic E-state index is -1.22. The Morgan fingerprint density at radius 2 is 1.96 bits per heavy atom. The van der Waals surface area contributed by atoms with E-state index in [9.17, 15) is 19.8 Å². The number of esters is 2. The second kappa shape index (κ2) is 9.05. The van der Waals surface area contributed by atoms with Crippen LogP contribution in [-0.2, 0) is 30.2 Å². The maximum atomic E-state index is 12.2. The van der Waals surface area contributed by atoms with Crippen molar-refractivity contribution < 1.29 is 34.0 Å². The van der Waals surface area contributed by atoms with Gasteiger partial charge >= 0.3 is 11.9 Å². The summed E-state index contributed by atoms with van der Waals surface area (Å²) >= 11 is 0. The summed E-state index contributed by atoms with van der Waals surface area (Å²) in [5, 5.41) is 19.2. The maximum absolute atomic E-state index is 12.2. The Kier molecular flexibility index (Phi) is 6.80. The van der Waals surface area contributed by atoms with Crippen LogP contribution in [0.15, 0.2) is 47.7 Å². The van der Waals surface area contributed by atoms with Gasteiger partial charge in [0.1, 0.15) is 5.75 Å². The van der Waals surface area contributed by atoms with E-state index in [0.717, 1.165) is 11.8 Å². The van der Waals surface area contributed by atoms with Crippen molar-refractivity contribution in [1.82, 2.24) is 0 Å². The minimum absolute atomic E-state index is 0.114. The van der Waals surface area contributed by atoms with Crippen LogP contribution < -0.4 is 0 Å². The first-order valence-electron chi connectivity index (χ1n) is 8.17. The van der Waals surface area contributed by atoms with Crippen molar-refractivity contribution in [3.8, 4) is 5.75 Å². The van der Waals surface area contributed by atoms with Crippen molar-refractivity contribution in [1.29, 1.82) is 0 Å². The summed E-state index contributed by atoms with van der Waals surface area (Å²) < 4.78 is 15.0. The first kappa shape index (κ1) is 19.5.